The maximum absolute atomic E-state index is 12.1. The molecule has 90 valence electrons. The Kier molecular flexibility index (Phi) is 3.69. The third-order valence-electron chi connectivity index (χ3n) is 2.67. The van der Waals surface area contributed by atoms with Gasteiger partial charge in [0, 0.05) is 10.9 Å². The molecule has 0 N–H and O–H groups in total. The van der Waals surface area contributed by atoms with Crippen LogP contribution in [0.2, 0.25) is 0 Å². The van der Waals surface area contributed by atoms with E-state index in [0.29, 0.717) is 4.91 Å². The second-order valence-electron chi connectivity index (χ2n) is 3.82. The first kappa shape index (κ1) is 12.4. The number of amides is 2. The zero-order chi connectivity index (χ0) is 12.4. The molecule has 3 nitrogen and oxygen atoms in total. The Morgan fingerprint density at radius 2 is 2.24 bits per heavy atom. The molecular weight excluding hydrogens is 254 g/mol. The predicted octanol–water partition coefficient (Wildman–Crippen LogP) is 3.58. The van der Waals surface area contributed by atoms with Crippen LogP contribution in [0.4, 0.5) is 4.79 Å². The summed E-state index contributed by atoms with van der Waals surface area (Å²) >= 11 is 2.59. The third kappa shape index (κ3) is 2.45. The quantitative estimate of drug-likeness (QED) is 0.785. The van der Waals surface area contributed by atoms with Crippen LogP contribution in [0.15, 0.2) is 22.4 Å². The van der Waals surface area contributed by atoms with Gasteiger partial charge in [-0.1, -0.05) is 13.0 Å². The number of carbonyl (C=O) groups is 2. The molecule has 5 heteroatoms. The van der Waals surface area contributed by atoms with E-state index in [1.54, 1.807) is 17.4 Å². The minimum atomic E-state index is -0.164. The molecule has 1 aliphatic heterocycles. The minimum absolute atomic E-state index is 0.0308. The van der Waals surface area contributed by atoms with E-state index in [1.807, 2.05) is 31.4 Å². The van der Waals surface area contributed by atoms with Crippen molar-refractivity contribution in [3.63, 3.8) is 0 Å². The Bertz CT molecular complexity index is 465. The lowest BCUT2D eigenvalue weighted by molar-refractivity contribution is -0.124. The van der Waals surface area contributed by atoms with E-state index in [9.17, 15) is 9.59 Å². The van der Waals surface area contributed by atoms with Gasteiger partial charge in [-0.2, -0.15) is 0 Å². The van der Waals surface area contributed by atoms with Crippen LogP contribution in [0.25, 0.3) is 6.08 Å². The summed E-state index contributed by atoms with van der Waals surface area (Å²) in [5, 5.41) is 1.79. The van der Waals surface area contributed by atoms with Gasteiger partial charge in [0.25, 0.3) is 11.1 Å². The Labute approximate surface area is 109 Å². The molecule has 1 aliphatic rings. The highest BCUT2D eigenvalue weighted by molar-refractivity contribution is 8.18. The molecule has 1 aromatic heterocycles. The van der Waals surface area contributed by atoms with Crippen LogP contribution >= 0.6 is 23.1 Å². The fraction of sp³-hybridized carbons (Fsp3) is 0.333. The van der Waals surface area contributed by atoms with Crippen molar-refractivity contribution in [2.75, 3.05) is 0 Å². The summed E-state index contributed by atoms with van der Waals surface area (Å²) in [5.41, 5.74) is 0. The van der Waals surface area contributed by atoms with Crippen molar-refractivity contribution in [2.24, 2.45) is 0 Å². The monoisotopic (exact) mass is 267 g/mol. The van der Waals surface area contributed by atoms with E-state index >= 15 is 0 Å². The van der Waals surface area contributed by atoms with Crippen LogP contribution in [0.1, 0.15) is 25.1 Å². The minimum Gasteiger partial charge on any atom is -0.268 e. The summed E-state index contributed by atoms with van der Waals surface area (Å²) in [4.78, 5) is 26.7. The number of carbonyl (C=O) groups excluding carboxylic acids is 2. The molecule has 0 aliphatic carbocycles. The molecule has 1 atom stereocenters. The fourth-order valence-corrected chi connectivity index (χ4v) is 3.20. The fourth-order valence-electron chi connectivity index (χ4n) is 1.55. The topological polar surface area (TPSA) is 37.4 Å². The Morgan fingerprint density at radius 3 is 2.82 bits per heavy atom. The second kappa shape index (κ2) is 5.06. The molecule has 2 amide bonds. The van der Waals surface area contributed by atoms with E-state index in [1.165, 1.54) is 4.90 Å². The van der Waals surface area contributed by atoms with Gasteiger partial charge in [0.2, 0.25) is 0 Å². The van der Waals surface area contributed by atoms with Crippen molar-refractivity contribution in [2.45, 2.75) is 26.3 Å². The number of nitrogens with zero attached hydrogens (tertiary/aromatic N) is 1. The van der Waals surface area contributed by atoms with Crippen molar-refractivity contribution in [1.82, 2.24) is 4.90 Å². The molecule has 1 fully saturated rings. The van der Waals surface area contributed by atoms with Gasteiger partial charge in [-0.3, -0.25) is 14.5 Å². The predicted molar refractivity (Wildman–Crippen MR) is 71.9 cm³/mol. The standard InChI is InChI=1S/C12H13NO2S2/c1-3-8(2)13-11(14)10(17-12(13)15)7-9-5-4-6-16-9/h4-8H,3H2,1-2H3/b10-7-/t8-/m0/s1. The summed E-state index contributed by atoms with van der Waals surface area (Å²) in [5.74, 6) is -0.164. The smallest absolute Gasteiger partial charge is 0.268 e. The third-order valence-corrected chi connectivity index (χ3v) is 4.37. The van der Waals surface area contributed by atoms with E-state index in [4.69, 9.17) is 0 Å². The Morgan fingerprint density at radius 1 is 1.47 bits per heavy atom. The van der Waals surface area contributed by atoms with Crippen molar-refractivity contribution in [3.05, 3.63) is 27.3 Å². The number of rotatable bonds is 3. The highest BCUT2D eigenvalue weighted by Crippen LogP contribution is 2.34. The molecule has 2 heterocycles. The van der Waals surface area contributed by atoms with Gasteiger partial charge in [0.1, 0.15) is 0 Å². The highest BCUT2D eigenvalue weighted by atomic mass is 32.2. The van der Waals surface area contributed by atoms with E-state index in [-0.39, 0.29) is 17.2 Å². The first-order valence-electron chi connectivity index (χ1n) is 5.44. The molecule has 0 bridgehead atoms. The van der Waals surface area contributed by atoms with Gasteiger partial charge < -0.3 is 0 Å². The zero-order valence-electron chi connectivity index (χ0n) is 9.67. The number of thioether (sulfide) groups is 1. The van der Waals surface area contributed by atoms with Gasteiger partial charge in [-0.05, 0) is 42.6 Å². The lowest BCUT2D eigenvalue weighted by atomic mass is 10.2. The van der Waals surface area contributed by atoms with E-state index in [0.717, 1.165) is 23.1 Å². The van der Waals surface area contributed by atoms with Gasteiger partial charge in [0.05, 0.1) is 4.91 Å². The average molecular weight is 267 g/mol. The number of thiophene rings is 1. The van der Waals surface area contributed by atoms with Crippen LogP contribution in [-0.4, -0.2) is 22.1 Å². The van der Waals surface area contributed by atoms with E-state index in [2.05, 4.69) is 0 Å². The molecule has 0 radical (unpaired) electrons. The summed E-state index contributed by atoms with van der Waals surface area (Å²) in [6, 6.07) is 3.83. The van der Waals surface area contributed by atoms with E-state index < -0.39 is 0 Å². The normalized spacial score (nSPS) is 20.4. The first-order chi connectivity index (χ1) is 8.13. The summed E-state index contributed by atoms with van der Waals surface area (Å²) in [6.45, 7) is 3.86. The zero-order valence-corrected chi connectivity index (χ0v) is 11.3. The van der Waals surface area contributed by atoms with Crippen LogP contribution in [0, 0.1) is 0 Å². The number of hydrogen-bond donors (Lipinski definition) is 0. The molecule has 17 heavy (non-hydrogen) atoms. The van der Waals surface area contributed by atoms with Gasteiger partial charge in [0.15, 0.2) is 0 Å². The van der Waals surface area contributed by atoms with Crippen LogP contribution in [0.3, 0.4) is 0 Å². The largest absolute Gasteiger partial charge is 0.293 e. The summed E-state index contributed by atoms with van der Waals surface area (Å²) in [7, 11) is 0. The lowest BCUT2D eigenvalue weighted by Gasteiger charge is -2.19. The molecule has 0 saturated carbocycles. The highest BCUT2D eigenvalue weighted by Gasteiger charge is 2.37. The van der Waals surface area contributed by atoms with Crippen LogP contribution < -0.4 is 0 Å². The Hall–Kier alpha value is -1.07. The number of hydrogen-bond acceptors (Lipinski definition) is 4. The van der Waals surface area contributed by atoms with Crippen molar-refractivity contribution in [1.29, 1.82) is 0 Å². The molecule has 2 rings (SSSR count). The molecule has 0 spiro atoms. The van der Waals surface area contributed by atoms with Crippen molar-refractivity contribution < 1.29 is 9.59 Å². The maximum Gasteiger partial charge on any atom is 0.293 e. The van der Waals surface area contributed by atoms with Gasteiger partial charge >= 0.3 is 0 Å². The maximum atomic E-state index is 12.1. The Balaban J connectivity index is 2.24. The molecular formula is C12H13NO2S2. The molecule has 0 unspecified atom stereocenters. The summed E-state index contributed by atoms with van der Waals surface area (Å²) in [6.07, 6.45) is 2.57. The molecule has 0 aromatic carbocycles. The lowest BCUT2D eigenvalue weighted by Crippen LogP contribution is -2.36. The molecule has 1 aromatic rings. The first-order valence-corrected chi connectivity index (χ1v) is 7.13. The SMILES string of the molecule is CC[C@H](C)N1C(=O)S/C(=C\c2cccs2)C1=O. The second-order valence-corrected chi connectivity index (χ2v) is 5.80. The summed E-state index contributed by atoms with van der Waals surface area (Å²) < 4.78 is 0. The average Bonchev–Trinajstić information content (AvgIpc) is 2.89. The molecule has 1 saturated heterocycles. The van der Waals surface area contributed by atoms with Gasteiger partial charge in [-0.25, -0.2) is 0 Å². The van der Waals surface area contributed by atoms with Crippen LogP contribution in [-0.2, 0) is 4.79 Å². The van der Waals surface area contributed by atoms with Crippen molar-refractivity contribution >= 4 is 40.3 Å². The number of imide groups is 1. The van der Waals surface area contributed by atoms with Crippen molar-refractivity contribution in [3.8, 4) is 0 Å². The van der Waals surface area contributed by atoms with Gasteiger partial charge in [-0.15, -0.1) is 11.3 Å². The van der Waals surface area contributed by atoms with Crippen LogP contribution in [0.5, 0.6) is 0 Å².